The topological polar surface area (TPSA) is 70.7 Å². The highest BCUT2D eigenvalue weighted by molar-refractivity contribution is 5.90. The van der Waals surface area contributed by atoms with Crippen molar-refractivity contribution in [1.29, 1.82) is 0 Å². The Morgan fingerprint density at radius 1 is 1.75 bits per heavy atom. The molecule has 66 valence electrons. The molecule has 0 aromatic carbocycles. The normalized spacial score (nSPS) is 9.75. The molecule has 0 bridgehead atoms. The van der Waals surface area contributed by atoms with Crippen LogP contribution >= 0.6 is 0 Å². The summed E-state index contributed by atoms with van der Waals surface area (Å²) in [5, 5.41) is 8.78. The van der Waals surface area contributed by atoms with Crippen LogP contribution in [0, 0.1) is 0 Å². The van der Waals surface area contributed by atoms with Crippen molar-refractivity contribution < 1.29 is 4.79 Å². The Kier molecular flexibility index (Phi) is 3.25. The number of H-pyrrole nitrogens is 1. The Labute approximate surface area is 70.6 Å². The Morgan fingerprint density at radius 2 is 2.58 bits per heavy atom. The van der Waals surface area contributed by atoms with Crippen LogP contribution in [0.25, 0.3) is 0 Å². The third kappa shape index (κ3) is 2.34. The molecule has 0 aliphatic rings. The molecule has 0 fully saturated rings. The maximum absolute atomic E-state index is 11.1. The van der Waals surface area contributed by atoms with E-state index in [9.17, 15) is 4.79 Å². The van der Waals surface area contributed by atoms with Crippen LogP contribution in [0.2, 0.25) is 0 Å². The molecule has 0 unspecified atom stereocenters. The Balaban J connectivity index is 2.30. The highest BCUT2D eigenvalue weighted by Gasteiger charge is 2.05. The lowest BCUT2D eigenvalue weighted by Gasteiger charge is -1.99. The second-order valence-corrected chi connectivity index (χ2v) is 2.44. The van der Waals surface area contributed by atoms with E-state index in [1.165, 1.54) is 6.33 Å². The van der Waals surface area contributed by atoms with E-state index in [1.807, 2.05) is 0 Å². The summed E-state index contributed by atoms with van der Waals surface area (Å²) in [6.45, 7) is 2.76. The van der Waals surface area contributed by atoms with Gasteiger partial charge in [-0.25, -0.2) is 4.98 Å². The lowest BCUT2D eigenvalue weighted by atomic mass is 10.3. The van der Waals surface area contributed by atoms with Crippen LogP contribution in [0.5, 0.6) is 0 Å². The molecule has 0 saturated heterocycles. The van der Waals surface area contributed by atoms with Gasteiger partial charge < -0.3 is 5.32 Å². The fourth-order valence-corrected chi connectivity index (χ4v) is 0.777. The van der Waals surface area contributed by atoms with E-state index < -0.39 is 0 Å². The number of nitrogens with one attached hydrogen (secondary N) is 2. The van der Waals surface area contributed by atoms with Crippen molar-refractivity contribution in [3.8, 4) is 0 Å². The van der Waals surface area contributed by atoms with Crippen molar-refractivity contribution in [2.45, 2.75) is 19.8 Å². The number of carbonyl (C=O) groups is 1. The smallest absolute Gasteiger partial charge is 0.288 e. The zero-order valence-corrected chi connectivity index (χ0v) is 7.00. The second-order valence-electron chi connectivity index (χ2n) is 2.44. The van der Waals surface area contributed by atoms with Gasteiger partial charge in [-0.15, -0.1) is 0 Å². The largest absolute Gasteiger partial charge is 0.349 e. The quantitative estimate of drug-likeness (QED) is 0.636. The summed E-state index contributed by atoms with van der Waals surface area (Å²) in [6, 6.07) is 0. The molecule has 1 aromatic heterocycles. The van der Waals surface area contributed by atoms with E-state index in [4.69, 9.17) is 0 Å². The summed E-state index contributed by atoms with van der Waals surface area (Å²) in [5.41, 5.74) is 0. The first kappa shape index (κ1) is 8.70. The highest BCUT2D eigenvalue weighted by Crippen LogP contribution is 1.87. The summed E-state index contributed by atoms with van der Waals surface area (Å²) >= 11 is 0. The molecule has 0 atom stereocenters. The van der Waals surface area contributed by atoms with Gasteiger partial charge in [-0.3, -0.25) is 9.89 Å². The fraction of sp³-hybridized carbons (Fsp3) is 0.571. The number of aromatic amines is 1. The number of rotatable bonds is 4. The van der Waals surface area contributed by atoms with Crippen LogP contribution in [-0.4, -0.2) is 27.6 Å². The number of unbranched alkanes of at least 4 members (excludes halogenated alkanes) is 1. The predicted octanol–water partition coefficient (Wildman–Crippen LogP) is 0.335. The maximum atomic E-state index is 11.1. The minimum Gasteiger partial charge on any atom is -0.349 e. The Bertz CT molecular complexity index is 232. The molecule has 2 N–H and O–H groups in total. The van der Waals surface area contributed by atoms with Gasteiger partial charge in [-0.2, -0.15) is 5.10 Å². The molecule has 0 aliphatic heterocycles. The molecule has 0 saturated carbocycles. The lowest BCUT2D eigenvalue weighted by Crippen LogP contribution is -2.25. The van der Waals surface area contributed by atoms with Crippen LogP contribution in [-0.2, 0) is 0 Å². The number of nitrogens with zero attached hydrogens (tertiary/aromatic N) is 2. The molecule has 1 amide bonds. The zero-order valence-electron chi connectivity index (χ0n) is 7.00. The van der Waals surface area contributed by atoms with Crippen molar-refractivity contribution in [2.24, 2.45) is 0 Å². The van der Waals surface area contributed by atoms with Crippen LogP contribution in [0.4, 0.5) is 0 Å². The number of amides is 1. The van der Waals surface area contributed by atoms with Crippen LogP contribution in [0.1, 0.15) is 30.4 Å². The summed E-state index contributed by atoms with van der Waals surface area (Å²) in [4.78, 5) is 14.9. The van der Waals surface area contributed by atoms with Crippen molar-refractivity contribution in [3.05, 3.63) is 12.2 Å². The monoisotopic (exact) mass is 168 g/mol. The first-order valence-corrected chi connectivity index (χ1v) is 3.98. The van der Waals surface area contributed by atoms with Gasteiger partial charge in [0.05, 0.1) is 0 Å². The third-order valence-corrected chi connectivity index (χ3v) is 1.45. The standard InChI is InChI=1S/C7H12N4O/c1-2-3-4-8-7(12)6-9-5-10-11-6/h5H,2-4H2,1H3,(H,8,12)(H,9,10,11). The van der Waals surface area contributed by atoms with Gasteiger partial charge in [0.1, 0.15) is 6.33 Å². The van der Waals surface area contributed by atoms with Crippen molar-refractivity contribution in [1.82, 2.24) is 20.5 Å². The summed E-state index contributed by atoms with van der Waals surface area (Å²) in [6.07, 6.45) is 3.37. The third-order valence-electron chi connectivity index (χ3n) is 1.45. The van der Waals surface area contributed by atoms with Crippen LogP contribution in [0.3, 0.4) is 0 Å². The molecule has 0 radical (unpaired) electrons. The van der Waals surface area contributed by atoms with Gasteiger partial charge in [0, 0.05) is 6.54 Å². The molecular weight excluding hydrogens is 156 g/mol. The van der Waals surface area contributed by atoms with E-state index in [0.29, 0.717) is 6.54 Å². The van der Waals surface area contributed by atoms with E-state index in [0.717, 1.165) is 12.8 Å². The van der Waals surface area contributed by atoms with E-state index in [2.05, 4.69) is 27.4 Å². The molecule has 12 heavy (non-hydrogen) atoms. The van der Waals surface area contributed by atoms with Gasteiger partial charge in [-0.1, -0.05) is 13.3 Å². The molecule has 1 rings (SSSR count). The van der Waals surface area contributed by atoms with Gasteiger partial charge in [0.2, 0.25) is 5.82 Å². The molecule has 1 aromatic rings. The molecule has 5 heteroatoms. The first-order valence-electron chi connectivity index (χ1n) is 3.98. The summed E-state index contributed by atoms with van der Waals surface area (Å²) < 4.78 is 0. The fourth-order valence-electron chi connectivity index (χ4n) is 0.777. The lowest BCUT2D eigenvalue weighted by molar-refractivity contribution is 0.0943. The molecule has 0 spiro atoms. The van der Waals surface area contributed by atoms with Crippen LogP contribution in [0.15, 0.2) is 6.33 Å². The molecule has 1 heterocycles. The van der Waals surface area contributed by atoms with Crippen molar-refractivity contribution in [3.63, 3.8) is 0 Å². The molecule has 0 aliphatic carbocycles. The Morgan fingerprint density at radius 3 is 3.17 bits per heavy atom. The van der Waals surface area contributed by atoms with E-state index in [-0.39, 0.29) is 11.7 Å². The summed E-state index contributed by atoms with van der Waals surface area (Å²) in [5.74, 6) is 0.0760. The number of hydrogen-bond donors (Lipinski definition) is 2. The first-order chi connectivity index (χ1) is 5.84. The average Bonchev–Trinajstić information content (AvgIpc) is 2.56. The Hall–Kier alpha value is -1.39. The average molecular weight is 168 g/mol. The van der Waals surface area contributed by atoms with Crippen molar-refractivity contribution >= 4 is 5.91 Å². The summed E-state index contributed by atoms with van der Waals surface area (Å²) in [7, 11) is 0. The molecule has 5 nitrogen and oxygen atoms in total. The minimum absolute atomic E-state index is 0.194. The zero-order chi connectivity index (χ0) is 8.81. The van der Waals surface area contributed by atoms with Crippen LogP contribution < -0.4 is 5.32 Å². The number of carbonyl (C=O) groups excluding carboxylic acids is 1. The van der Waals surface area contributed by atoms with Crippen molar-refractivity contribution in [2.75, 3.05) is 6.54 Å². The minimum atomic E-state index is -0.194. The van der Waals surface area contributed by atoms with Gasteiger partial charge >= 0.3 is 0 Å². The second kappa shape index (κ2) is 4.48. The SMILES string of the molecule is CCCCNC(=O)c1ncn[nH]1. The van der Waals surface area contributed by atoms with E-state index >= 15 is 0 Å². The predicted molar refractivity (Wildman–Crippen MR) is 43.6 cm³/mol. The van der Waals surface area contributed by atoms with Gasteiger partial charge in [0.15, 0.2) is 0 Å². The number of aromatic nitrogens is 3. The highest BCUT2D eigenvalue weighted by atomic mass is 16.2. The van der Waals surface area contributed by atoms with Gasteiger partial charge in [-0.05, 0) is 6.42 Å². The maximum Gasteiger partial charge on any atom is 0.288 e. The van der Waals surface area contributed by atoms with Gasteiger partial charge in [0.25, 0.3) is 5.91 Å². The molecular formula is C7H12N4O. The number of hydrogen-bond acceptors (Lipinski definition) is 3. The van der Waals surface area contributed by atoms with E-state index in [1.54, 1.807) is 0 Å².